The average molecular weight is 379 g/mol. The van der Waals surface area contributed by atoms with Crippen LogP contribution in [0.5, 0.6) is 0 Å². The van der Waals surface area contributed by atoms with Gasteiger partial charge >= 0.3 is 0 Å². The molecule has 4 nitrogen and oxygen atoms in total. The zero-order valence-corrected chi connectivity index (χ0v) is 13.7. The molecule has 1 amide bonds. The number of carbonyl (C=O) groups excluding carboxylic acids is 1. The number of pyridine rings is 1. The number of aromatic nitrogens is 1. The quantitative estimate of drug-likeness (QED) is 0.246. The zero-order valence-electron chi connectivity index (χ0n) is 13.7. The number of aryl methyl sites for hydroxylation is 1. The Kier molecular flexibility index (Phi) is 4.85. The summed E-state index contributed by atoms with van der Waals surface area (Å²) in [6.07, 6.45) is 0.352. The highest BCUT2D eigenvalue weighted by atomic mass is 19.2. The van der Waals surface area contributed by atoms with Gasteiger partial charge in [-0.05, 0) is 19.1 Å². The van der Waals surface area contributed by atoms with Crippen molar-refractivity contribution in [3.8, 4) is 0 Å². The Balaban J connectivity index is 1.92. The van der Waals surface area contributed by atoms with Crippen LogP contribution < -0.4 is 5.43 Å². The summed E-state index contributed by atoms with van der Waals surface area (Å²) in [5.74, 6) is -11.3. The molecule has 0 aliphatic carbocycles. The highest BCUT2D eigenvalue weighted by Crippen LogP contribution is 2.22. The van der Waals surface area contributed by atoms with Gasteiger partial charge in [0.2, 0.25) is 5.82 Å². The van der Waals surface area contributed by atoms with E-state index < -0.39 is 40.6 Å². The van der Waals surface area contributed by atoms with E-state index in [1.165, 1.54) is 6.07 Å². The van der Waals surface area contributed by atoms with Crippen LogP contribution in [0, 0.1) is 36.0 Å². The lowest BCUT2D eigenvalue weighted by atomic mass is 10.1. The summed E-state index contributed by atoms with van der Waals surface area (Å²) in [5.41, 5.74) is 2.02. The number of fused-ring (bicyclic) bond motifs is 1. The summed E-state index contributed by atoms with van der Waals surface area (Å²) >= 11 is 0. The molecule has 3 rings (SSSR count). The van der Waals surface area contributed by atoms with Crippen molar-refractivity contribution >= 4 is 23.0 Å². The van der Waals surface area contributed by atoms with E-state index in [0.717, 1.165) is 0 Å². The zero-order chi connectivity index (χ0) is 19.7. The third-order valence-electron chi connectivity index (χ3n) is 3.69. The summed E-state index contributed by atoms with van der Waals surface area (Å²) in [5, 5.41) is 3.81. The van der Waals surface area contributed by atoms with Gasteiger partial charge in [-0.3, -0.25) is 9.78 Å². The fraction of sp³-hybridized carbons (Fsp3) is 0.0556. The van der Waals surface area contributed by atoms with Crippen LogP contribution in [-0.4, -0.2) is 17.1 Å². The monoisotopic (exact) mass is 379 g/mol. The molecule has 1 heterocycles. The number of nitrogens with zero attached hydrogens (tertiary/aromatic N) is 2. The van der Waals surface area contributed by atoms with Crippen molar-refractivity contribution in [3.05, 3.63) is 76.2 Å². The minimum Gasteiger partial charge on any atom is -0.267 e. The van der Waals surface area contributed by atoms with E-state index in [2.05, 4.69) is 10.1 Å². The first-order chi connectivity index (χ1) is 12.8. The van der Waals surface area contributed by atoms with E-state index in [0.29, 0.717) is 22.8 Å². The topological polar surface area (TPSA) is 54.4 Å². The second-order valence-electron chi connectivity index (χ2n) is 5.51. The van der Waals surface area contributed by atoms with Gasteiger partial charge in [-0.1, -0.05) is 18.2 Å². The molecule has 0 bridgehead atoms. The summed E-state index contributed by atoms with van der Waals surface area (Å²) < 4.78 is 66.5. The van der Waals surface area contributed by atoms with E-state index in [1.807, 2.05) is 5.43 Å². The highest BCUT2D eigenvalue weighted by molar-refractivity contribution is 6.06. The van der Waals surface area contributed by atoms with Crippen molar-refractivity contribution in [1.82, 2.24) is 10.4 Å². The van der Waals surface area contributed by atoms with Gasteiger partial charge in [-0.2, -0.15) is 5.10 Å². The SMILES string of the molecule is Cc1cc(C(=O)N/N=C/c2c(F)c(F)c(F)c(F)c2F)c2ccccc2n1. The van der Waals surface area contributed by atoms with Crippen LogP contribution in [0.3, 0.4) is 0 Å². The Labute approximate surface area is 149 Å². The average Bonchev–Trinajstić information content (AvgIpc) is 2.66. The second-order valence-corrected chi connectivity index (χ2v) is 5.51. The number of nitrogens with one attached hydrogen (secondary N) is 1. The summed E-state index contributed by atoms with van der Waals surface area (Å²) in [4.78, 5) is 16.6. The minimum atomic E-state index is -2.27. The fourth-order valence-electron chi connectivity index (χ4n) is 2.45. The van der Waals surface area contributed by atoms with E-state index in [-0.39, 0.29) is 5.56 Å². The maximum Gasteiger partial charge on any atom is 0.272 e. The van der Waals surface area contributed by atoms with Crippen molar-refractivity contribution in [2.24, 2.45) is 5.10 Å². The van der Waals surface area contributed by atoms with Crippen molar-refractivity contribution < 1.29 is 26.7 Å². The van der Waals surface area contributed by atoms with Crippen LogP contribution in [0.15, 0.2) is 35.4 Å². The lowest BCUT2D eigenvalue weighted by Crippen LogP contribution is -2.19. The van der Waals surface area contributed by atoms with Crippen molar-refractivity contribution in [1.29, 1.82) is 0 Å². The number of para-hydroxylation sites is 1. The number of hydrazone groups is 1. The van der Waals surface area contributed by atoms with Crippen LogP contribution in [0.25, 0.3) is 10.9 Å². The van der Waals surface area contributed by atoms with Crippen LogP contribution in [0.2, 0.25) is 0 Å². The Morgan fingerprint density at radius 2 is 1.59 bits per heavy atom. The molecule has 3 aromatic rings. The molecule has 0 spiro atoms. The van der Waals surface area contributed by atoms with Crippen molar-refractivity contribution in [3.63, 3.8) is 0 Å². The lowest BCUT2D eigenvalue weighted by molar-refractivity contribution is 0.0956. The molecule has 0 atom stereocenters. The lowest BCUT2D eigenvalue weighted by Gasteiger charge is -2.07. The Morgan fingerprint density at radius 3 is 2.26 bits per heavy atom. The molecular formula is C18H10F5N3O. The van der Waals surface area contributed by atoms with Gasteiger partial charge in [0.25, 0.3) is 5.91 Å². The molecule has 1 N–H and O–H groups in total. The summed E-state index contributed by atoms with van der Waals surface area (Å²) in [7, 11) is 0. The minimum absolute atomic E-state index is 0.188. The molecule has 0 unspecified atom stereocenters. The summed E-state index contributed by atoms with van der Waals surface area (Å²) in [6.45, 7) is 1.67. The van der Waals surface area contributed by atoms with Crippen LogP contribution in [0.1, 0.15) is 21.6 Å². The molecule has 0 radical (unpaired) electrons. The van der Waals surface area contributed by atoms with E-state index in [1.54, 1.807) is 31.2 Å². The molecule has 2 aromatic carbocycles. The first-order valence-electron chi connectivity index (χ1n) is 7.52. The Bertz CT molecular complexity index is 1070. The van der Waals surface area contributed by atoms with Gasteiger partial charge in [0.05, 0.1) is 22.9 Å². The molecule has 0 aliphatic heterocycles. The predicted molar refractivity (Wildman–Crippen MR) is 87.8 cm³/mol. The number of halogens is 5. The largest absolute Gasteiger partial charge is 0.272 e. The maximum absolute atomic E-state index is 13.6. The third kappa shape index (κ3) is 3.35. The van der Waals surface area contributed by atoms with Crippen molar-refractivity contribution in [2.45, 2.75) is 6.92 Å². The Morgan fingerprint density at radius 1 is 1.00 bits per heavy atom. The van der Waals surface area contributed by atoms with Gasteiger partial charge in [-0.15, -0.1) is 0 Å². The number of hydrogen-bond donors (Lipinski definition) is 1. The number of benzene rings is 2. The van der Waals surface area contributed by atoms with Gasteiger partial charge in [0.15, 0.2) is 23.3 Å². The molecule has 0 fully saturated rings. The first kappa shape index (κ1) is 18.4. The van der Waals surface area contributed by atoms with Crippen LogP contribution >= 0.6 is 0 Å². The number of amides is 1. The van der Waals surface area contributed by atoms with E-state index >= 15 is 0 Å². The van der Waals surface area contributed by atoms with Crippen LogP contribution in [-0.2, 0) is 0 Å². The molecule has 9 heteroatoms. The smallest absolute Gasteiger partial charge is 0.267 e. The highest BCUT2D eigenvalue weighted by Gasteiger charge is 2.24. The second kappa shape index (κ2) is 7.10. The van der Waals surface area contributed by atoms with Gasteiger partial charge < -0.3 is 0 Å². The molecule has 1 aromatic heterocycles. The van der Waals surface area contributed by atoms with Crippen molar-refractivity contribution in [2.75, 3.05) is 0 Å². The molecular weight excluding hydrogens is 369 g/mol. The Hall–Kier alpha value is -3.36. The molecule has 0 saturated carbocycles. The molecule has 27 heavy (non-hydrogen) atoms. The maximum atomic E-state index is 13.6. The van der Waals surface area contributed by atoms with E-state index in [4.69, 9.17) is 0 Å². The van der Waals surface area contributed by atoms with Gasteiger partial charge in [0, 0.05) is 11.1 Å². The van der Waals surface area contributed by atoms with Gasteiger partial charge in [-0.25, -0.2) is 27.4 Å². The third-order valence-corrected chi connectivity index (χ3v) is 3.69. The fourth-order valence-corrected chi connectivity index (χ4v) is 2.45. The molecule has 0 saturated heterocycles. The predicted octanol–water partition coefficient (Wildman–Crippen LogP) is 4.00. The van der Waals surface area contributed by atoms with Crippen LogP contribution in [0.4, 0.5) is 22.0 Å². The summed E-state index contributed by atoms with van der Waals surface area (Å²) in [6, 6.07) is 8.24. The number of hydrogen-bond acceptors (Lipinski definition) is 3. The van der Waals surface area contributed by atoms with Gasteiger partial charge in [0.1, 0.15) is 0 Å². The van der Waals surface area contributed by atoms with E-state index in [9.17, 15) is 26.7 Å². The number of rotatable bonds is 3. The molecule has 138 valence electrons. The normalized spacial score (nSPS) is 11.3. The molecule has 0 aliphatic rings. The standard InChI is InChI=1S/C18H10F5N3O/c1-8-6-10(9-4-2-3-5-12(9)25-8)18(27)26-24-7-11-13(19)15(21)17(23)16(22)14(11)20/h2-7H,1H3,(H,26,27)/b24-7+. The first-order valence-corrected chi connectivity index (χ1v) is 7.52. The number of carbonyl (C=O) groups is 1.